The third-order valence-electron chi connectivity index (χ3n) is 6.01. The van der Waals surface area contributed by atoms with Crippen LogP contribution in [0.15, 0.2) is 36.8 Å². The Morgan fingerprint density at radius 1 is 1.24 bits per heavy atom. The summed E-state index contributed by atoms with van der Waals surface area (Å²) in [6.45, 7) is 0.638. The predicted octanol–water partition coefficient (Wildman–Crippen LogP) is 0.0340. The number of imide groups is 1. The van der Waals surface area contributed by atoms with Gasteiger partial charge in [0.1, 0.15) is 6.04 Å². The fourth-order valence-corrected chi connectivity index (χ4v) is 4.29. The minimum Gasteiger partial charge on any atom is -0.336 e. The van der Waals surface area contributed by atoms with Crippen molar-refractivity contribution in [2.24, 2.45) is 7.05 Å². The van der Waals surface area contributed by atoms with E-state index in [2.05, 4.69) is 20.7 Å². The molecule has 1 fully saturated rings. The van der Waals surface area contributed by atoms with Gasteiger partial charge in [-0.2, -0.15) is 5.10 Å². The molecule has 2 aliphatic heterocycles. The van der Waals surface area contributed by atoms with Gasteiger partial charge in [0.25, 0.3) is 11.8 Å². The summed E-state index contributed by atoms with van der Waals surface area (Å²) in [6.07, 6.45) is 5.58. The lowest BCUT2D eigenvalue weighted by atomic mass is 10.0. The summed E-state index contributed by atoms with van der Waals surface area (Å²) in [4.78, 5) is 52.3. The molecule has 3 aromatic rings. The number of carbonyl (C=O) groups excluding carboxylic acids is 4. The summed E-state index contributed by atoms with van der Waals surface area (Å²) in [7, 11) is 3.49. The van der Waals surface area contributed by atoms with Crippen LogP contribution in [0.5, 0.6) is 0 Å². The predicted molar refractivity (Wildman–Crippen MR) is 116 cm³/mol. The molecule has 174 valence electrons. The summed E-state index contributed by atoms with van der Waals surface area (Å²) in [6, 6.07) is 4.51. The smallest absolute Gasteiger partial charge is 0.276 e. The number of hydrogen-bond donors (Lipinski definition) is 1. The van der Waals surface area contributed by atoms with Crippen LogP contribution in [0.1, 0.15) is 44.8 Å². The maximum atomic E-state index is 12.9. The van der Waals surface area contributed by atoms with Crippen molar-refractivity contribution in [2.45, 2.75) is 32.0 Å². The van der Waals surface area contributed by atoms with Gasteiger partial charge in [-0.25, -0.2) is 4.68 Å². The number of aromatic nitrogens is 5. The van der Waals surface area contributed by atoms with E-state index in [1.807, 2.05) is 13.2 Å². The topological polar surface area (TPSA) is 135 Å². The second-order valence-electron chi connectivity index (χ2n) is 8.47. The number of nitrogens with one attached hydrogen (secondary N) is 1. The largest absolute Gasteiger partial charge is 0.336 e. The maximum absolute atomic E-state index is 12.9. The highest BCUT2D eigenvalue weighted by Gasteiger charge is 2.39. The van der Waals surface area contributed by atoms with E-state index in [0.717, 1.165) is 11.1 Å². The lowest BCUT2D eigenvalue weighted by Crippen LogP contribution is -2.52. The molecule has 1 unspecified atom stereocenters. The molecule has 0 bridgehead atoms. The molecule has 1 atom stereocenters. The number of aryl methyl sites for hydroxylation is 1. The van der Waals surface area contributed by atoms with Crippen molar-refractivity contribution in [1.29, 1.82) is 0 Å². The van der Waals surface area contributed by atoms with Crippen molar-refractivity contribution in [3.63, 3.8) is 0 Å². The standard InChI is InChI=1S/C22H22N8O4/c1-27(9-13-8-23-28(2)10-13)22(34)17-12-30(26-25-17)15-3-4-16-14(7-15)11-29(21(16)33)18-5-6-19(31)24-20(18)32/h3-4,7-8,10,12,18H,5-6,9,11H2,1-2H3,(H,24,31,32). The van der Waals surface area contributed by atoms with Gasteiger partial charge < -0.3 is 9.80 Å². The van der Waals surface area contributed by atoms with Gasteiger partial charge in [-0.3, -0.25) is 29.2 Å². The van der Waals surface area contributed by atoms with E-state index < -0.39 is 11.9 Å². The number of hydrogen-bond acceptors (Lipinski definition) is 7. The summed E-state index contributed by atoms with van der Waals surface area (Å²) >= 11 is 0. The zero-order valence-electron chi connectivity index (χ0n) is 18.6. The van der Waals surface area contributed by atoms with Crippen LogP contribution in [0.2, 0.25) is 0 Å². The van der Waals surface area contributed by atoms with Gasteiger partial charge >= 0.3 is 0 Å². The fraction of sp³-hybridized carbons (Fsp3) is 0.318. The highest BCUT2D eigenvalue weighted by Crippen LogP contribution is 2.29. The number of piperidine rings is 1. The van der Waals surface area contributed by atoms with E-state index in [1.54, 1.807) is 42.3 Å². The van der Waals surface area contributed by atoms with E-state index >= 15 is 0 Å². The monoisotopic (exact) mass is 462 g/mol. The van der Waals surface area contributed by atoms with Crippen LogP contribution in [0.25, 0.3) is 5.69 Å². The Morgan fingerprint density at radius 3 is 2.79 bits per heavy atom. The van der Waals surface area contributed by atoms with Gasteiger partial charge in [0, 0.05) is 50.9 Å². The molecule has 2 aliphatic rings. The molecule has 1 saturated heterocycles. The number of fused-ring (bicyclic) bond motifs is 1. The second kappa shape index (κ2) is 8.21. The van der Waals surface area contributed by atoms with Crippen molar-refractivity contribution in [3.8, 4) is 5.69 Å². The van der Waals surface area contributed by atoms with Crippen molar-refractivity contribution in [1.82, 2.24) is 39.9 Å². The molecule has 1 aromatic carbocycles. The minimum absolute atomic E-state index is 0.188. The fourth-order valence-electron chi connectivity index (χ4n) is 4.29. The first-order valence-electron chi connectivity index (χ1n) is 10.7. The van der Waals surface area contributed by atoms with Crippen LogP contribution in [0, 0.1) is 0 Å². The zero-order chi connectivity index (χ0) is 24.0. The third kappa shape index (κ3) is 3.83. The van der Waals surface area contributed by atoms with Crippen LogP contribution < -0.4 is 5.32 Å². The maximum Gasteiger partial charge on any atom is 0.276 e. The Balaban J connectivity index is 1.31. The molecule has 4 heterocycles. The van der Waals surface area contributed by atoms with Crippen LogP contribution >= 0.6 is 0 Å². The number of amides is 4. The van der Waals surface area contributed by atoms with Crippen molar-refractivity contribution in [2.75, 3.05) is 7.05 Å². The van der Waals surface area contributed by atoms with Crippen molar-refractivity contribution in [3.05, 3.63) is 59.2 Å². The number of benzene rings is 1. The van der Waals surface area contributed by atoms with E-state index in [0.29, 0.717) is 24.2 Å². The first kappa shape index (κ1) is 21.5. The Bertz CT molecular complexity index is 1330. The Hall–Kier alpha value is -4.35. The first-order chi connectivity index (χ1) is 16.3. The average Bonchev–Trinajstić information content (AvgIpc) is 3.53. The third-order valence-corrected chi connectivity index (χ3v) is 6.01. The minimum atomic E-state index is -0.674. The quantitative estimate of drug-likeness (QED) is 0.529. The number of rotatable bonds is 5. The van der Waals surface area contributed by atoms with Crippen LogP contribution in [0.4, 0.5) is 0 Å². The molecule has 0 saturated carbocycles. The molecule has 12 nitrogen and oxygen atoms in total. The molecule has 5 rings (SSSR count). The zero-order valence-corrected chi connectivity index (χ0v) is 18.6. The molecule has 0 spiro atoms. The molecule has 2 aromatic heterocycles. The average molecular weight is 462 g/mol. The van der Waals surface area contributed by atoms with E-state index in [4.69, 9.17) is 0 Å². The molecule has 4 amide bonds. The van der Waals surface area contributed by atoms with Crippen LogP contribution in [0.3, 0.4) is 0 Å². The van der Waals surface area contributed by atoms with Crippen LogP contribution in [-0.2, 0) is 29.7 Å². The highest BCUT2D eigenvalue weighted by molar-refractivity contribution is 6.05. The lowest BCUT2D eigenvalue weighted by molar-refractivity contribution is -0.136. The van der Waals surface area contributed by atoms with Crippen molar-refractivity contribution < 1.29 is 19.2 Å². The molecule has 12 heteroatoms. The Labute approximate surface area is 194 Å². The molecular formula is C22H22N8O4. The SMILES string of the molecule is CN(Cc1cnn(C)c1)C(=O)c1cn(-c2ccc3c(c2)CN(C2CCC(=O)NC2=O)C3=O)nn1. The van der Waals surface area contributed by atoms with Gasteiger partial charge in [0.05, 0.1) is 18.1 Å². The normalized spacial score (nSPS) is 17.6. The Morgan fingerprint density at radius 2 is 2.06 bits per heavy atom. The Kier molecular flexibility index (Phi) is 5.19. The molecule has 1 N–H and O–H groups in total. The van der Waals surface area contributed by atoms with Gasteiger partial charge in [-0.15, -0.1) is 5.10 Å². The van der Waals surface area contributed by atoms with Crippen molar-refractivity contribution >= 4 is 23.6 Å². The molecule has 34 heavy (non-hydrogen) atoms. The van der Waals surface area contributed by atoms with Gasteiger partial charge in [-0.05, 0) is 30.2 Å². The van der Waals surface area contributed by atoms with Crippen LogP contribution in [-0.4, -0.2) is 71.3 Å². The number of nitrogens with zero attached hydrogens (tertiary/aromatic N) is 7. The summed E-state index contributed by atoms with van der Waals surface area (Å²) in [5, 5.41) is 14.5. The van der Waals surface area contributed by atoms with E-state index in [9.17, 15) is 19.2 Å². The summed E-state index contributed by atoms with van der Waals surface area (Å²) < 4.78 is 3.15. The highest BCUT2D eigenvalue weighted by atomic mass is 16.2. The summed E-state index contributed by atoms with van der Waals surface area (Å²) in [5.74, 6) is -1.30. The molecule has 0 radical (unpaired) electrons. The molecular weight excluding hydrogens is 440 g/mol. The van der Waals surface area contributed by atoms with Gasteiger partial charge in [0.15, 0.2) is 5.69 Å². The first-order valence-corrected chi connectivity index (χ1v) is 10.7. The van der Waals surface area contributed by atoms with Gasteiger partial charge in [0.2, 0.25) is 11.8 Å². The second-order valence-corrected chi connectivity index (χ2v) is 8.47. The molecule has 0 aliphatic carbocycles. The summed E-state index contributed by atoms with van der Waals surface area (Å²) in [5.41, 5.74) is 2.96. The van der Waals surface area contributed by atoms with Gasteiger partial charge in [-0.1, -0.05) is 5.21 Å². The van der Waals surface area contributed by atoms with E-state index in [-0.39, 0.29) is 36.4 Å². The number of carbonyl (C=O) groups is 4. The van der Waals surface area contributed by atoms with E-state index in [1.165, 1.54) is 14.5 Å². The lowest BCUT2D eigenvalue weighted by Gasteiger charge is -2.29.